The highest BCUT2D eigenvalue weighted by atomic mass is 16.5. The molecule has 0 saturated carbocycles. The van der Waals surface area contributed by atoms with E-state index in [-0.39, 0.29) is 11.8 Å². The first-order valence-corrected chi connectivity index (χ1v) is 9.22. The van der Waals surface area contributed by atoms with Gasteiger partial charge in [0.15, 0.2) is 5.76 Å². The van der Waals surface area contributed by atoms with Gasteiger partial charge in [-0.25, -0.2) is 0 Å². The number of methoxy groups -OCH3 is 2. The molecule has 0 bridgehead atoms. The van der Waals surface area contributed by atoms with Crippen molar-refractivity contribution in [2.24, 2.45) is 0 Å². The fourth-order valence-corrected chi connectivity index (χ4v) is 3.72. The number of ether oxygens (including phenoxy) is 2. The number of carbonyl (C=O) groups excluding carboxylic acids is 1. The predicted molar refractivity (Wildman–Crippen MR) is 105 cm³/mol. The molecule has 144 valence electrons. The Bertz CT molecular complexity index is 968. The van der Waals surface area contributed by atoms with Gasteiger partial charge in [-0.3, -0.25) is 4.79 Å². The molecular formula is C22H22N2O4. The lowest BCUT2D eigenvalue weighted by atomic mass is 9.97. The Morgan fingerprint density at radius 2 is 1.96 bits per heavy atom. The van der Waals surface area contributed by atoms with E-state index in [0.717, 1.165) is 29.0 Å². The van der Waals surface area contributed by atoms with Crippen molar-refractivity contribution in [1.29, 1.82) is 0 Å². The quantitative estimate of drug-likeness (QED) is 0.672. The van der Waals surface area contributed by atoms with Crippen molar-refractivity contribution < 1.29 is 18.8 Å². The van der Waals surface area contributed by atoms with Crippen LogP contribution < -0.4 is 9.47 Å². The molecule has 0 N–H and O–H groups in total. The molecule has 1 aliphatic heterocycles. The molecule has 0 spiro atoms. The SMILES string of the molecule is COc1ccc(OC)c([C@@H]2CCN(C(=O)c3cnoc3-c3ccccc3)C2)c1. The molecule has 0 radical (unpaired) electrons. The van der Waals surface area contributed by atoms with Crippen LogP contribution in [-0.2, 0) is 0 Å². The third-order valence-electron chi connectivity index (χ3n) is 5.19. The smallest absolute Gasteiger partial charge is 0.259 e. The molecule has 6 heteroatoms. The van der Waals surface area contributed by atoms with Crippen LogP contribution in [-0.4, -0.2) is 43.3 Å². The van der Waals surface area contributed by atoms with E-state index < -0.39 is 0 Å². The molecule has 0 aliphatic carbocycles. The average Bonchev–Trinajstić information content (AvgIpc) is 3.43. The van der Waals surface area contributed by atoms with Crippen LogP contribution in [0.2, 0.25) is 0 Å². The summed E-state index contributed by atoms with van der Waals surface area (Å²) in [6.07, 6.45) is 2.37. The molecule has 1 aromatic heterocycles. The van der Waals surface area contributed by atoms with E-state index in [9.17, 15) is 4.79 Å². The molecule has 0 unspecified atom stereocenters. The van der Waals surface area contributed by atoms with Gasteiger partial charge in [0.05, 0.1) is 20.4 Å². The fraction of sp³-hybridized carbons (Fsp3) is 0.273. The minimum atomic E-state index is -0.0653. The molecule has 1 saturated heterocycles. The number of benzene rings is 2. The Morgan fingerprint density at radius 3 is 2.71 bits per heavy atom. The largest absolute Gasteiger partial charge is 0.497 e. The summed E-state index contributed by atoms with van der Waals surface area (Å²) >= 11 is 0. The van der Waals surface area contributed by atoms with E-state index in [1.807, 2.05) is 53.4 Å². The van der Waals surface area contributed by atoms with Crippen molar-refractivity contribution in [3.05, 3.63) is 65.9 Å². The second-order valence-electron chi connectivity index (χ2n) is 6.78. The molecule has 4 rings (SSSR count). The number of nitrogens with zero attached hydrogens (tertiary/aromatic N) is 2. The zero-order chi connectivity index (χ0) is 19.5. The summed E-state index contributed by atoms with van der Waals surface area (Å²) in [5.74, 6) is 2.23. The summed E-state index contributed by atoms with van der Waals surface area (Å²) in [4.78, 5) is 15.0. The minimum Gasteiger partial charge on any atom is -0.497 e. The summed E-state index contributed by atoms with van der Waals surface area (Å²) in [7, 11) is 3.31. The Kier molecular flexibility index (Phi) is 5.02. The lowest BCUT2D eigenvalue weighted by molar-refractivity contribution is 0.0791. The number of hydrogen-bond acceptors (Lipinski definition) is 5. The Morgan fingerprint density at radius 1 is 1.14 bits per heavy atom. The molecule has 1 aliphatic rings. The summed E-state index contributed by atoms with van der Waals surface area (Å²) in [6.45, 7) is 1.28. The lowest BCUT2D eigenvalue weighted by Crippen LogP contribution is -2.28. The first kappa shape index (κ1) is 18.1. The second kappa shape index (κ2) is 7.76. The Labute approximate surface area is 163 Å². The summed E-state index contributed by atoms with van der Waals surface area (Å²) in [5, 5.41) is 3.86. The van der Waals surface area contributed by atoms with E-state index in [1.165, 1.54) is 6.20 Å². The van der Waals surface area contributed by atoms with Gasteiger partial charge in [0.1, 0.15) is 17.1 Å². The van der Waals surface area contributed by atoms with Gasteiger partial charge >= 0.3 is 0 Å². The van der Waals surface area contributed by atoms with Crippen LogP contribution in [0.15, 0.2) is 59.3 Å². The monoisotopic (exact) mass is 378 g/mol. The molecule has 6 nitrogen and oxygen atoms in total. The van der Waals surface area contributed by atoms with Gasteiger partial charge in [-0.15, -0.1) is 0 Å². The van der Waals surface area contributed by atoms with Crippen LogP contribution >= 0.6 is 0 Å². The Hall–Kier alpha value is -3.28. The normalized spacial score (nSPS) is 16.2. The predicted octanol–water partition coefficient (Wildman–Crippen LogP) is 3.99. The van der Waals surface area contributed by atoms with Gasteiger partial charge < -0.3 is 18.9 Å². The van der Waals surface area contributed by atoms with Gasteiger partial charge in [0, 0.05) is 30.1 Å². The first-order valence-electron chi connectivity index (χ1n) is 9.22. The zero-order valence-electron chi connectivity index (χ0n) is 15.9. The van der Waals surface area contributed by atoms with Gasteiger partial charge in [-0.1, -0.05) is 35.5 Å². The highest BCUT2D eigenvalue weighted by Crippen LogP contribution is 2.37. The molecule has 1 fully saturated rings. The van der Waals surface area contributed by atoms with E-state index in [1.54, 1.807) is 14.2 Å². The highest BCUT2D eigenvalue weighted by Gasteiger charge is 2.32. The van der Waals surface area contributed by atoms with Crippen molar-refractivity contribution in [2.75, 3.05) is 27.3 Å². The maximum absolute atomic E-state index is 13.1. The molecule has 28 heavy (non-hydrogen) atoms. The van der Waals surface area contributed by atoms with Crippen molar-refractivity contribution in [3.8, 4) is 22.8 Å². The summed E-state index contributed by atoms with van der Waals surface area (Å²) in [6, 6.07) is 15.3. The van der Waals surface area contributed by atoms with E-state index in [2.05, 4.69) is 5.16 Å². The number of likely N-dealkylation sites (tertiary alicyclic amines) is 1. The summed E-state index contributed by atoms with van der Waals surface area (Å²) < 4.78 is 16.2. The summed E-state index contributed by atoms with van der Waals surface area (Å²) in [5.41, 5.74) is 2.39. The zero-order valence-corrected chi connectivity index (χ0v) is 15.9. The van der Waals surface area contributed by atoms with Crippen LogP contribution in [0.5, 0.6) is 11.5 Å². The third-order valence-corrected chi connectivity index (χ3v) is 5.19. The number of amides is 1. The van der Waals surface area contributed by atoms with Crippen LogP contribution in [0.3, 0.4) is 0 Å². The topological polar surface area (TPSA) is 64.8 Å². The van der Waals surface area contributed by atoms with Crippen LogP contribution in [0.1, 0.15) is 28.3 Å². The van der Waals surface area contributed by atoms with Crippen molar-refractivity contribution >= 4 is 5.91 Å². The minimum absolute atomic E-state index is 0.0653. The molecule has 1 amide bonds. The van der Waals surface area contributed by atoms with Gasteiger partial charge in [0.25, 0.3) is 5.91 Å². The van der Waals surface area contributed by atoms with Crippen LogP contribution in [0.4, 0.5) is 0 Å². The number of aromatic nitrogens is 1. The standard InChI is InChI=1S/C22H22N2O4/c1-26-17-8-9-20(27-2)18(12-17)16-10-11-24(14-16)22(25)19-13-23-28-21(19)15-6-4-3-5-7-15/h3-9,12-13,16H,10-11,14H2,1-2H3/t16-/m1/s1. The first-order chi connectivity index (χ1) is 13.7. The van der Waals surface area contributed by atoms with Gasteiger partial charge in [0.2, 0.25) is 0 Å². The highest BCUT2D eigenvalue weighted by molar-refractivity contribution is 5.99. The maximum atomic E-state index is 13.1. The number of hydrogen-bond donors (Lipinski definition) is 0. The van der Waals surface area contributed by atoms with E-state index in [0.29, 0.717) is 24.4 Å². The molecule has 2 heterocycles. The lowest BCUT2D eigenvalue weighted by Gasteiger charge is -2.18. The Balaban J connectivity index is 1.56. The van der Waals surface area contributed by atoms with Crippen molar-refractivity contribution in [1.82, 2.24) is 10.1 Å². The van der Waals surface area contributed by atoms with Crippen LogP contribution in [0, 0.1) is 0 Å². The fourth-order valence-electron chi connectivity index (χ4n) is 3.72. The number of rotatable bonds is 5. The third kappa shape index (κ3) is 3.33. The number of carbonyl (C=O) groups is 1. The van der Waals surface area contributed by atoms with Crippen molar-refractivity contribution in [2.45, 2.75) is 12.3 Å². The molecule has 3 aromatic rings. The average molecular weight is 378 g/mol. The van der Waals surface area contributed by atoms with Crippen LogP contribution in [0.25, 0.3) is 11.3 Å². The molecular weight excluding hydrogens is 356 g/mol. The van der Waals surface area contributed by atoms with Gasteiger partial charge in [-0.2, -0.15) is 0 Å². The van der Waals surface area contributed by atoms with E-state index >= 15 is 0 Å². The second-order valence-corrected chi connectivity index (χ2v) is 6.78. The van der Waals surface area contributed by atoms with E-state index in [4.69, 9.17) is 14.0 Å². The van der Waals surface area contributed by atoms with Crippen molar-refractivity contribution in [3.63, 3.8) is 0 Å². The molecule has 1 atom stereocenters. The maximum Gasteiger partial charge on any atom is 0.259 e. The molecule has 2 aromatic carbocycles. The van der Waals surface area contributed by atoms with Gasteiger partial charge in [-0.05, 0) is 24.6 Å².